The number of rotatable bonds is 6. The van der Waals surface area contributed by atoms with Gasteiger partial charge in [-0.2, -0.15) is 0 Å². The van der Waals surface area contributed by atoms with Gasteiger partial charge >= 0.3 is 0 Å². The highest BCUT2D eigenvalue weighted by Crippen LogP contribution is 2.24. The zero-order valence-corrected chi connectivity index (χ0v) is 14.8. The fourth-order valence-corrected chi connectivity index (χ4v) is 2.20. The minimum atomic E-state index is -0.147. The van der Waals surface area contributed by atoms with Gasteiger partial charge < -0.3 is 14.8 Å². The molecule has 0 fully saturated rings. The highest BCUT2D eigenvalue weighted by molar-refractivity contribution is 5.77. The van der Waals surface area contributed by atoms with Crippen LogP contribution in [0.2, 0.25) is 0 Å². The molecule has 0 radical (unpaired) electrons. The highest BCUT2D eigenvalue weighted by atomic mass is 16.5. The van der Waals surface area contributed by atoms with E-state index < -0.39 is 0 Å². The lowest BCUT2D eigenvalue weighted by atomic mass is 9.87. The topological polar surface area (TPSA) is 47.6 Å². The average molecular weight is 327 g/mol. The molecular formula is C20H25NO3. The maximum atomic E-state index is 11.9. The van der Waals surface area contributed by atoms with E-state index in [0.717, 1.165) is 11.3 Å². The van der Waals surface area contributed by atoms with Crippen molar-refractivity contribution >= 4 is 5.91 Å². The van der Waals surface area contributed by atoms with Crippen molar-refractivity contribution in [3.8, 4) is 11.5 Å². The first-order chi connectivity index (χ1) is 11.4. The van der Waals surface area contributed by atoms with Crippen LogP contribution in [0.3, 0.4) is 0 Å². The number of nitrogens with one attached hydrogen (secondary N) is 1. The third kappa shape index (κ3) is 5.30. The molecule has 0 atom stereocenters. The number of amides is 1. The van der Waals surface area contributed by atoms with E-state index in [2.05, 4.69) is 26.1 Å². The first-order valence-corrected chi connectivity index (χ1v) is 8.01. The maximum Gasteiger partial charge on any atom is 0.258 e. The molecule has 128 valence electrons. The van der Waals surface area contributed by atoms with E-state index >= 15 is 0 Å². The molecule has 2 rings (SSSR count). The van der Waals surface area contributed by atoms with Gasteiger partial charge in [0.2, 0.25) is 0 Å². The summed E-state index contributed by atoms with van der Waals surface area (Å²) in [5, 5.41) is 2.84. The Hall–Kier alpha value is -2.49. The SMILES string of the molecule is COc1ccc(CNC(=O)COc2ccc(C(C)(C)C)cc2)cc1. The standard InChI is InChI=1S/C20H25NO3/c1-20(2,3)16-7-11-18(12-8-16)24-14-19(22)21-13-15-5-9-17(23-4)10-6-15/h5-12H,13-14H2,1-4H3,(H,21,22). The molecule has 0 heterocycles. The molecule has 0 saturated carbocycles. The van der Waals surface area contributed by atoms with Crippen molar-refractivity contribution in [2.24, 2.45) is 0 Å². The summed E-state index contributed by atoms with van der Waals surface area (Å²) in [6, 6.07) is 15.4. The number of methoxy groups -OCH3 is 1. The lowest BCUT2D eigenvalue weighted by molar-refractivity contribution is -0.123. The number of carbonyl (C=O) groups is 1. The fraction of sp³-hybridized carbons (Fsp3) is 0.350. The van der Waals surface area contributed by atoms with Crippen molar-refractivity contribution in [3.05, 3.63) is 59.7 Å². The van der Waals surface area contributed by atoms with Gasteiger partial charge in [-0.15, -0.1) is 0 Å². The first kappa shape index (κ1) is 17.9. The Labute approximate surface area is 143 Å². The van der Waals surface area contributed by atoms with Gasteiger partial charge in [-0.3, -0.25) is 4.79 Å². The number of benzene rings is 2. The van der Waals surface area contributed by atoms with Crippen LogP contribution in [-0.2, 0) is 16.8 Å². The Bertz CT molecular complexity index is 655. The zero-order valence-electron chi connectivity index (χ0n) is 14.8. The number of hydrogen-bond donors (Lipinski definition) is 1. The summed E-state index contributed by atoms with van der Waals surface area (Å²) in [6.07, 6.45) is 0. The van der Waals surface area contributed by atoms with E-state index in [0.29, 0.717) is 12.3 Å². The van der Waals surface area contributed by atoms with Crippen LogP contribution >= 0.6 is 0 Å². The monoisotopic (exact) mass is 327 g/mol. The van der Waals surface area contributed by atoms with Crippen LogP contribution in [0.4, 0.5) is 0 Å². The lowest BCUT2D eigenvalue weighted by Gasteiger charge is -2.19. The van der Waals surface area contributed by atoms with Gasteiger partial charge in [0.15, 0.2) is 6.61 Å². The molecule has 0 aromatic heterocycles. The first-order valence-electron chi connectivity index (χ1n) is 8.01. The van der Waals surface area contributed by atoms with Crippen LogP contribution in [0.25, 0.3) is 0 Å². The van der Waals surface area contributed by atoms with E-state index in [-0.39, 0.29) is 17.9 Å². The molecule has 4 nitrogen and oxygen atoms in total. The maximum absolute atomic E-state index is 11.9. The average Bonchev–Trinajstić information content (AvgIpc) is 2.58. The predicted octanol–water partition coefficient (Wildman–Crippen LogP) is 3.69. The van der Waals surface area contributed by atoms with Crippen molar-refractivity contribution in [3.63, 3.8) is 0 Å². The third-order valence-corrected chi connectivity index (χ3v) is 3.74. The lowest BCUT2D eigenvalue weighted by Crippen LogP contribution is -2.28. The Morgan fingerprint density at radius 2 is 1.54 bits per heavy atom. The molecule has 0 aliphatic rings. The molecule has 1 amide bonds. The smallest absolute Gasteiger partial charge is 0.258 e. The molecule has 2 aromatic rings. The molecule has 0 aliphatic carbocycles. The van der Waals surface area contributed by atoms with Crippen molar-refractivity contribution in [1.29, 1.82) is 0 Å². The van der Waals surface area contributed by atoms with Gasteiger partial charge in [-0.25, -0.2) is 0 Å². The third-order valence-electron chi connectivity index (χ3n) is 3.74. The summed E-state index contributed by atoms with van der Waals surface area (Å²) < 4.78 is 10.6. The molecule has 1 N–H and O–H groups in total. The normalized spacial score (nSPS) is 11.0. The summed E-state index contributed by atoms with van der Waals surface area (Å²) >= 11 is 0. The van der Waals surface area contributed by atoms with Crippen molar-refractivity contribution in [2.75, 3.05) is 13.7 Å². The largest absolute Gasteiger partial charge is 0.497 e. The Balaban J connectivity index is 1.78. The minimum Gasteiger partial charge on any atom is -0.497 e. The second-order valence-corrected chi connectivity index (χ2v) is 6.69. The molecule has 0 bridgehead atoms. The van der Waals surface area contributed by atoms with E-state index in [1.54, 1.807) is 7.11 Å². The van der Waals surface area contributed by atoms with E-state index in [1.807, 2.05) is 48.5 Å². The van der Waals surface area contributed by atoms with Gasteiger partial charge in [0, 0.05) is 6.54 Å². The Kier molecular flexibility index (Phi) is 5.85. The summed E-state index contributed by atoms with van der Waals surface area (Å²) in [5.74, 6) is 1.35. The number of ether oxygens (including phenoxy) is 2. The second kappa shape index (κ2) is 7.86. The van der Waals surface area contributed by atoms with Crippen LogP contribution in [-0.4, -0.2) is 19.6 Å². The quantitative estimate of drug-likeness (QED) is 0.880. The van der Waals surface area contributed by atoms with Gasteiger partial charge in [0.1, 0.15) is 11.5 Å². The van der Waals surface area contributed by atoms with Crippen molar-refractivity contribution in [2.45, 2.75) is 32.7 Å². The van der Waals surface area contributed by atoms with Crippen molar-refractivity contribution in [1.82, 2.24) is 5.32 Å². The molecule has 2 aromatic carbocycles. The van der Waals surface area contributed by atoms with E-state index in [4.69, 9.17) is 9.47 Å². The summed E-state index contributed by atoms with van der Waals surface area (Å²) in [7, 11) is 1.63. The highest BCUT2D eigenvalue weighted by Gasteiger charge is 2.13. The Morgan fingerprint density at radius 3 is 2.08 bits per heavy atom. The number of hydrogen-bond acceptors (Lipinski definition) is 3. The van der Waals surface area contributed by atoms with Crippen LogP contribution in [0, 0.1) is 0 Å². The molecule has 0 spiro atoms. The minimum absolute atomic E-state index is 0.00498. The van der Waals surface area contributed by atoms with Crippen LogP contribution < -0.4 is 14.8 Å². The fourth-order valence-electron chi connectivity index (χ4n) is 2.20. The van der Waals surface area contributed by atoms with Crippen molar-refractivity contribution < 1.29 is 14.3 Å². The van der Waals surface area contributed by atoms with Crippen LogP contribution in [0.1, 0.15) is 31.9 Å². The van der Waals surface area contributed by atoms with Gasteiger partial charge in [0.25, 0.3) is 5.91 Å². The van der Waals surface area contributed by atoms with Crippen LogP contribution in [0.15, 0.2) is 48.5 Å². The number of carbonyl (C=O) groups excluding carboxylic acids is 1. The second-order valence-electron chi connectivity index (χ2n) is 6.69. The summed E-state index contributed by atoms with van der Waals surface area (Å²) in [4.78, 5) is 11.9. The van der Waals surface area contributed by atoms with Gasteiger partial charge in [0.05, 0.1) is 7.11 Å². The van der Waals surface area contributed by atoms with Gasteiger partial charge in [-0.05, 0) is 40.8 Å². The molecule has 4 heteroatoms. The van der Waals surface area contributed by atoms with Gasteiger partial charge in [-0.1, -0.05) is 45.0 Å². The van der Waals surface area contributed by atoms with E-state index in [9.17, 15) is 4.79 Å². The molecule has 0 unspecified atom stereocenters. The predicted molar refractivity (Wildman–Crippen MR) is 95.5 cm³/mol. The molecule has 0 saturated heterocycles. The zero-order chi connectivity index (χ0) is 17.6. The summed E-state index contributed by atoms with van der Waals surface area (Å²) in [5.41, 5.74) is 2.35. The molecule has 0 aliphatic heterocycles. The molecule has 24 heavy (non-hydrogen) atoms. The van der Waals surface area contributed by atoms with E-state index in [1.165, 1.54) is 5.56 Å². The van der Waals surface area contributed by atoms with Crippen LogP contribution in [0.5, 0.6) is 11.5 Å². The summed E-state index contributed by atoms with van der Waals surface area (Å²) in [6.45, 7) is 6.96. The molecular weight excluding hydrogens is 302 g/mol. The Morgan fingerprint density at radius 1 is 0.958 bits per heavy atom.